The summed E-state index contributed by atoms with van der Waals surface area (Å²) in [6.07, 6.45) is 3.78. The largest absolute Gasteiger partial charge is 0.369 e. The van der Waals surface area contributed by atoms with Crippen LogP contribution in [-0.4, -0.2) is 31.2 Å². The molecule has 0 saturated carbocycles. The number of benzene rings is 2. The van der Waals surface area contributed by atoms with Crippen molar-refractivity contribution in [3.05, 3.63) is 48.8 Å². The topological polar surface area (TPSA) is 84.0 Å². The fourth-order valence-electron chi connectivity index (χ4n) is 2.80. The summed E-state index contributed by atoms with van der Waals surface area (Å²) in [5, 5.41) is 4.37. The molecule has 0 bridgehead atoms. The number of anilines is 2. The number of rotatable bonds is 7. The van der Waals surface area contributed by atoms with Crippen molar-refractivity contribution in [2.24, 2.45) is 5.92 Å². The third-order valence-corrected chi connectivity index (χ3v) is 4.78. The number of nitrogens with zero attached hydrogens (tertiary/aromatic N) is 2. The molecule has 0 amide bonds. The number of fused-ring (bicyclic) bond motifs is 1. The molecule has 0 fully saturated rings. The van der Waals surface area contributed by atoms with Gasteiger partial charge in [-0.25, -0.2) is 18.4 Å². The first-order chi connectivity index (χ1) is 12.8. The average molecular weight is 385 g/mol. The molecule has 1 aromatic heterocycles. The molecule has 3 rings (SSSR count). The summed E-state index contributed by atoms with van der Waals surface area (Å²) in [4.78, 5) is 8.74. The van der Waals surface area contributed by atoms with E-state index in [0.29, 0.717) is 11.6 Å². The van der Waals surface area contributed by atoms with Gasteiger partial charge in [-0.1, -0.05) is 32.0 Å². The van der Waals surface area contributed by atoms with E-state index in [9.17, 15) is 8.42 Å². The molecule has 0 saturated heterocycles. The van der Waals surface area contributed by atoms with E-state index in [1.807, 2.05) is 24.3 Å². The van der Waals surface area contributed by atoms with Crippen molar-refractivity contribution in [1.29, 1.82) is 0 Å². The Kier molecular flexibility index (Phi) is 5.60. The van der Waals surface area contributed by atoms with Gasteiger partial charge in [0.2, 0.25) is 10.0 Å². The van der Waals surface area contributed by atoms with Crippen LogP contribution in [0.1, 0.15) is 20.3 Å². The van der Waals surface area contributed by atoms with Gasteiger partial charge in [0.25, 0.3) is 0 Å². The Morgan fingerprint density at radius 3 is 2.37 bits per heavy atom. The van der Waals surface area contributed by atoms with Gasteiger partial charge in [0.1, 0.15) is 12.1 Å². The minimum atomic E-state index is -3.28. The summed E-state index contributed by atoms with van der Waals surface area (Å²) in [5.41, 5.74) is 3.45. The van der Waals surface area contributed by atoms with E-state index < -0.39 is 10.0 Å². The highest BCUT2D eigenvalue weighted by Gasteiger charge is 2.07. The van der Waals surface area contributed by atoms with Gasteiger partial charge in [-0.3, -0.25) is 4.72 Å². The number of sulfonamides is 1. The second-order valence-corrected chi connectivity index (χ2v) is 8.76. The fraction of sp³-hybridized carbons (Fsp3) is 0.300. The summed E-state index contributed by atoms with van der Waals surface area (Å²) >= 11 is 0. The zero-order valence-electron chi connectivity index (χ0n) is 15.7. The zero-order chi connectivity index (χ0) is 19.4. The number of nitrogens with one attached hydrogen (secondary N) is 2. The van der Waals surface area contributed by atoms with Crippen molar-refractivity contribution < 1.29 is 8.42 Å². The average Bonchev–Trinajstić information content (AvgIpc) is 2.60. The van der Waals surface area contributed by atoms with Gasteiger partial charge in [0.05, 0.1) is 11.8 Å². The van der Waals surface area contributed by atoms with Crippen LogP contribution in [0, 0.1) is 5.92 Å². The quantitative estimate of drug-likeness (QED) is 0.640. The molecule has 2 N–H and O–H groups in total. The van der Waals surface area contributed by atoms with Crippen LogP contribution in [0.25, 0.3) is 22.0 Å². The van der Waals surface area contributed by atoms with Crippen molar-refractivity contribution in [3.8, 4) is 11.1 Å². The zero-order valence-corrected chi connectivity index (χ0v) is 16.5. The number of hydrogen-bond acceptors (Lipinski definition) is 5. The Labute approximate surface area is 160 Å². The summed E-state index contributed by atoms with van der Waals surface area (Å²) in [6.45, 7) is 5.25. The van der Waals surface area contributed by atoms with Gasteiger partial charge < -0.3 is 5.32 Å². The first kappa shape index (κ1) is 19.1. The molecule has 0 aliphatic carbocycles. The van der Waals surface area contributed by atoms with Crippen LogP contribution in [0.4, 0.5) is 11.5 Å². The van der Waals surface area contributed by atoms with Gasteiger partial charge in [-0.05, 0) is 47.7 Å². The Hall–Kier alpha value is -2.67. The number of aromatic nitrogens is 2. The molecular formula is C20H24N4O2S. The molecule has 3 aromatic rings. The van der Waals surface area contributed by atoms with Crippen LogP contribution in [0.3, 0.4) is 0 Å². The molecule has 0 radical (unpaired) electrons. The van der Waals surface area contributed by atoms with Gasteiger partial charge in [-0.15, -0.1) is 0 Å². The van der Waals surface area contributed by atoms with E-state index in [2.05, 4.69) is 39.9 Å². The van der Waals surface area contributed by atoms with Crippen LogP contribution < -0.4 is 10.0 Å². The maximum absolute atomic E-state index is 11.3. The predicted molar refractivity (Wildman–Crippen MR) is 111 cm³/mol. The normalized spacial score (nSPS) is 11.7. The van der Waals surface area contributed by atoms with Gasteiger partial charge in [-0.2, -0.15) is 0 Å². The highest BCUT2D eigenvalue weighted by Crippen LogP contribution is 2.28. The molecule has 0 spiro atoms. The standard InChI is InChI=1S/C20H24N4O2S/c1-14(2)10-11-21-20-18-12-16(6-9-19(18)22-13-23-20)15-4-7-17(8-5-15)24-27(3,25)26/h4-9,12-14,24H,10-11H2,1-3H3,(H,21,22,23). The van der Waals surface area contributed by atoms with Crippen LogP contribution in [0.2, 0.25) is 0 Å². The van der Waals surface area contributed by atoms with E-state index in [4.69, 9.17) is 0 Å². The van der Waals surface area contributed by atoms with Gasteiger partial charge in [0.15, 0.2) is 0 Å². The summed E-state index contributed by atoms with van der Waals surface area (Å²) < 4.78 is 25.1. The van der Waals surface area contributed by atoms with Crippen molar-refractivity contribution in [3.63, 3.8) is 0 Å². The molecule has 7 heteroatoms. The minimum absolute atomic E-state index is 0.543. The number of hydrogen-bond donors (Lipinski definition) is 2. The summed E-state index contributed by atoms with van der Waals surface area (Å²) in [5.74, 6) is 1.46. The molecule has 0 aliphatic rings. The predicted octanol–water partition coefficient (Wildman–Crippen LogP) is 4.13. The molecule has 27 heavy (non-hydrogen) atoms. The van der Waals surface area contributed by atoms with E-state index in [-0.39, 0.29) is 0 Å². The Bertz CT molecular complexity index is 1030. The van der Waals surface area contributed by atoms with E-state index in [1.165, 1.54) is 0 Å². The second kappa shape index (κ2) is 7.92. The molecule has 0 aliphatic heterocycles. The smallest absolute Gasteiger partial charge is 0.229 e. The van der Waals surface area contributed by atoms with E-state index in [1.54, 1.807) is 18.5 Å². The minimum Gasteiger partial charge on any atom is -0.369 e. The van der Waals surface area contributed by atoms with E-state index in [0.717, 1.165) is 47.1 Å². The van der Waals surface area contributed by atoms with Crippen LogP contribution in [-0.2, 0) is 10.0 Å². The molecular weight excluding hydrogens is 360 g/mol. The lowest BCUT2D eigenvalue weighted by Crippen LogP contribution is -2.09. The SMILES string of the molecule is CC(C)CCNc1ncnc2ccc(-c3ccc(NS(C)(=O)=O)cc3)cc12. The van der Waals surface area contributed by atoms with Gasteiger partial charge in [0, 0.05) is 17.6 Å². The second-order valence-electron chi connectivity index (χ2n) is 7.02. The maximum Gasteiger partial charge on any atom is 0.229 e. The highest BCUT2D eigenvalue weighted by atomic mass is 32.2. The van der Waals surface area contributed by atoms with Crippen LogP contribution >= 0.6 is 0 Å². The monoisotopic (exact) mass is 384 g/mol. The lowest BCUT2D eigenvalue weighted by Gasteiger charge is -2.11. The molecule has 1 heterocycles. The highest BCUT2D eigenvalue weighted by molar-refractivity contribution is 7.92. The Morgan fingerprint density at radius 2 is 1.70 bits per heavy atom. The molecule has 6 nitrogen and oxygen atoms in total. The summed E-state index contributed by atoms with van der Waals surface area (Å²) in [7, 11) is -3.28. The first-order valence-corrected chi connectivity index (χ1v) is 10.8. The molecule has 0 unspecified atom stereocenters. The first-order valence-electron chi connectivity index (χ1n) is 8.89. The van der Waals surface area contributed by atoms with Crippen LogP contribution in [0.15, 0.2) is 48.8 Å². The molecule has 2 aromatic carbocycles. The third kappa shape index (κ3) is 5.17. The van der Waals surface area contributed by atoms with Crippen molar-refractivity contribution in [2.45, 2.75) is 20.3 Å². The molecule has 0 atom stereocenters. The van der Waals surface area contributed by atoms with E-state index >= 15 is 0 Å². The van der Waals surface area contributed by atoms with Crippen molar-refractivity contribution in [2.75, 3.05) is 22.8 Å². The Balaban J connectivity index is 1.89. The van der Waals surface area contributed by atoms with Gasteiger partial charge >= 0.3 is 0 Å². The fourth-order valence-corrected chi connectivity index (χ4v) is 3.37. The summed E-state index contributed by atoms with van der Waals surface area (Å²) in [6, 6.07) is 13.3. The lowest BCUT2D eigenvalue weighted by atomic mass is 10.0. The maximum atomic E-state index is 11.3. The third-order valence-electron chi connectivity index (χ3n) is 4.17. The van der Waals surface area contributed by atoms with Crippen molar-refractivity contribution >= 4 is 32.4 Å². The van der Waals surface area contributed by atoms with Crippen LogP contribution in [0.5, 0.6) is 0 Å². The Morgan fingerprint density at radius 1 is 1.00 bits per heavy atom. The lowest BCUT2D eigenvalue weighted by molar-refractivity contribution is 0.606. The van der Waals surface area contributed by atoms with Crippen molar-refractivity contribution in [1.82, 2.24) is 9.97 Å². The molecule has 142 valence electrons.